The Morgan fingerprint density at radius 1 is 1.52 bits per heavy atom. The van der Waals surface area contributed by atoms with E-state index in [4.69, 9.17) is 10.5 Å². The van der Waals surface area contributed by atoms with Crippen molar-refractivity contribution in [1.82, 2.24) is 19.5 Å². The summed E-state index contributed by atoms with van der Waals surface area (Å²) in [5.74, 6) is -0.110. The third-order valence-corrected chi connectivity index (χ3v) is 3.83. The molecule has 15 heteroatoms. The number of nitrogen functional groups attached to an aromatic ring is 1. The van der Waals surface area contributed by atoms with Crippen molar-refractivity contribution in [3.63, 3.8) is 0 Å². The second-order valence-corrected chi connectivity index (χ2v) is 6.10. The summed E-state index contributed by atoms with van der Waals surface area (Å²) in [6.45, 7) is -0.606. The molecule has 0 aromatic carbocycles. The van der Waals surface area contributed by atoms with E-state index in [2.05, 4.69) is 19.5 Å². The number of aromatic nitrogens is 4. The summed E-state index contributed by atoms with van der Waals surface area (Å²) in [6.07, 6.45) is -1.50. The molecule has 126 valence electrons. The van der Waals surface area contributed by atoms with Crippen molar-refractivity contribution in [3.8, 4) is 0 Å². The van der Waals surface area contributed by atoms with Gasteiger partial charge in [0.05, 0.1) is 26.9 Å². The average molecular weight is 391 g/mol. The van der Waals surface area contributed by atoms with Gasteiger partial charge >= 0.3 is 59.1 Å². The molecule has 0 bridgehead atoms. The van der Waals surface area contributed by atoms with Gasteiger partial charge in [-0.1, -0.05) is 0 Å². The fourth-order valence-electron chi connectivity index (χ4n) is 2.35. The quantitative estimate of drug-likeness (QED) is 0.333. The fraction of sp³-hybridized carbons (Fsp3) is 0.500. The van der Waals surface area contributed by atoms with E-state index in [1.54, 1.807) is 0 Å². The van der Waals surface area contributed by atoms with Crippen LogP contribution < -0.4 is 80.2 Å². The first kappa shape index (κ1) is 23.2. The van der Waals surface area contributed by atoms with Crippen LogP contribution in [0.4, 0.5) is 5.95 Å². The van der Waals surface area contributed by atoms with Crippen molar-refractivity contribution >= 4 is 24.9 Å². The number of nitrogens with one attached hydrogen (secondary N) is 1. The van der Waals surface area contributed by atoms with Crippen molar-refractivity contribution in [2.75, 3.05) is 12.3 Å². The van der Waals surface area contributed by atoms with Crippen LogP contribution in [0.15, 0.2) is 11.1 Å². The Bertz CT molecular complexity index is 839. The summed E-state index contributed by atoms with van der Waals surface area (Å²) >= 11 is 0. The Balaban J connectivity index is 0.00000156. The van der Waals surface area contributed by atoms with E-state index in [-0.39, 0.29) is 82.6 Å². The predicted octanol–water partition coefficient (Wildman–Crippen LogP) is -8.80. The number of fused-ring (bicyclic) bond motifs is 1. The molecule has 4 N–H and O–H groups in total. The molecule has 0 radical (unpaired) electrons. The molecule has 1 aliphatic rings. The average Bonchev–Trinajstić information content (AvgIpc) is 2.99. The summed E-state index contributed by atoms with van der Waals surface area (Å²) in [6, 6.07) is 0. The standard InChI is InChI=1S/C10H14N5O7P.2Na/c11-10-13-8-7(9(17)14-10)12-3-15(8)6-1-4(16)5(22-6)2-21-23(18,19)20;;/h3-6,16H,1-2H2,(H2,18,19,20)(H3,11,13,14,17);;/q;2*+1/p-2. The summed E-state index contributed by atoms with van der Waals surface area (Å²) < 4.78 is 21.5. The first-order chi connectivity index (χ1) is 10.7. The fourth-order valence-corrected chi connectivity index (χ4v) is 2.68. The van der Waals surface area contributed by atoms with Crippen LogP contribution in [0, 0.1) is 0 Å². The van der Waals surface area contributed by atoms with Crippen LogP contribution >= 0.6 is 7.82 Å². The molecule has 3 atom stereocenters. The maximum atomic E-state index is 11.7. The zero-order valence-electron chi connectivity index (χ0n) is 13.5. The first-order valence-corrected chi connectivity index (χ1v) is 7.93. The van der Waals surface area contributed by atoms with Gasteiger partial charge in [-0.2, -0.15) is 4.98 Å². The molecule has 2 aromatic rings. The Morgan fingerprint density at radius 3 is 2.84 bits per heavy atom. The van der Waals surface area contributed by atoms with Gasteiger partial charge in [0.2, 0.25) is 5.95 Å². The van der Waals surface area contributed by atoms with Crippen molar-refractivity contribution in [2.24, 2.45) is 0 Å². The van der Waals surface area contributed by atoms with Gasteiger partial charge in [-0.3, -0.25) is 14.3 Å². The Kier molecular flexibility index (Phi) is 8.28. The third-order valence-electron chi connectivity index (χ3n) is 3.36. The minimum Gasteiger partial charge on any atom is -0.790 e. The van der Waals surface area contributed by atoms with Crippen molar-refractivity contribution in [2.45, 2.75) is 24.9 Å². The Labute approximate surface area is 184 Å². The number of hydrogen-bond donors (Lipinski definition) is 3. The maximum absolute atomic E-state index is 11.7. The summed E-state index contributed by atoms with van der Waals surface area (Å²) in [5, 5.41) is 9.89. The van der Waals surface area contributed by atoms with E-state index < -0.39 is 38.4 Å². The number of imidazole rings is 1. The van der Waals surface area contributed by atoms with Gasteiger partial charge in [-0.25, -0.2) is 4.98 Å². The van der Waals surface area contributed by atoms with Gasteiger partial charge in [-0.15, -0.1) is 0 Å². The predicted molar refractivity (Wildman–Crippen MR) is 70.7 cm³/mol. The molecule has 0 aliphatic carbocycles. The van der Waals surface area contributed by atoms with Gasteiger partial charge in [0.15, 0.2) is 11.2 Å². The SMILES string of the molecule is Nc1nc2c(ncn2C2CC(O)C(COP(=O)([O-])[O-])O2)c(=O)[nH]1.[Na+].[Na+]. The van der Waals surface area contributed by atoms with Gasteiger partial charge < -0.3 is 34.5 Å². The van der Waals surface area contributed by atoms with E-state index in [9.17, 15) is 24.3 Å². The second kappa shape index (κ2) is 8.91. The molecule has 3 unspecified atom stereocenters. The summed E-state index contributed by atoms with van der Waals surface area (Å²) in [7, 11) is -5.16. The molecule has 3 rings (SSSR count). The third kappa shape index (κ3) is 5.34. The van der Waals surface area contributed by atoms with E-state index >= 15 is 0 Å². The minimum atomic E-state index is -5.16. The van der Waals surface area contributed by atoms with E-state index in [1.165, 1.54) is 10.9 Å². The zero-order chi connectivity index (χ0) is 16.8. The molecule has 3 heterocycles. The number of aliphatic hydroxyl groups is 1. The number of ether oxygens (including phenoxy) is 1. The van der Waals surface area contributed by atoms with Crippen LogP contribution in [0.2, 0.25) is 0 Å². The number of hydrogen-bond acceptors (Lipinski definition) is 10. The van der Waals surface area contributed by atoms with Crippen LogP contribution in [0.1, 0.15) is 12.6 Å². The Hall–Kier alpha value is 0.180. The van der Waals surface area contributed by atoms with Crippen molar-refractivity contribution in [1.29, 1.82) is 0 Å². The number of phosphoric acid groups is 1. The second-order valence-electron chi connectivity index (χ2n) is 4.95. The molecule has 0 amide bonds. The molecule has 12 nitrogen and oxygen atoms in total. The number of nitrogens with zero attached hydrogens (tertiary/aromatic N) is 3. The van der Waals surface area contributed by atoms with Gasteiger partial charge in [-0.05, 0) is 0 Å². The summed E-state index contributed by atoms with van der Waals surface area (Å²) in [4.78, 5) is 42.8. The number of phosphoric ester groups is 1. The molecule has 2 aromatic heterocycles. The summed E-state index contributed by atoms with van der Waals surface area (Å²) in [5.41, 5.74) is 5.16. The van der Waals surface area contributed by atoms with Gasteiger partial charge in [0.25, 0.3) is 5.56 Å². The van der Waals surface area contributed by atoms with E-state index in [0.29, 0.717) is 0 Å². The van der Waals surface area contributed by atoms with Crippen LogP contribution in [0.3, 0.4) is 0 Å². The Morgan fingerprint density at radius 2 is 2.20 bits per heavy atom. The van der Waals surface area contributed by atoms with Crippen molar-refractivity contribution in [3.05, 3.63) is 16.7 Å². The number of H-pyrrole nitrogens is 1. The number of rotatable bonds is 4. The van der Waals surface area contributed by atoms with Gasteiger partial charge in [0, 0.05) is 6.42 Å². The normalized spacial score (nSPS) is 23.2. The number of aromatic amines is 1. The van der Waals surface area contributed by atoms with Crippen LogP contribution in [-0.2, 0) is 13.8 Å². The molecule has 25 heavy (non-hydrogen) atoms. The molecule has 1 fully saturated rings. The maximum Gasteiger partial charge on any atom is 1.00 e. The molecular formula is C10H12N5Na2O7P. The molecule has 1 aliphatic heterocycles. The zero-order valence-corrected chi connectivity index (χ0v) is 18.4. The van der Waals surface area contributed by atoms with Crippen LogP contribution in [0.25, 0.3) is 11.2 Å². The van der Waals surface area contributed by atoms with Crippen LogP contribution in [-0.4, -0.2) is 43.4 Å². The van der Waals surface area contributed by atoms with Gasteiger partial charge in [0.1, 0.15) is 12.3 Å². The molecule has 0 saturated carbocycles. The molecular weight excluding hydrogens is 379 g/mol. The number of nitrogens with two attached hydrogens (primary N) is 1. The number of anilines is 1. The largest absolute Gasteiger partial charge is 1.00 e. The van der Waals surface area contributed by atoms with E-state index in [0.717, 1.165) is 0 Å². The number of aliphatic hydroxyl groups excluding tert-OH is 1. The smallest absolute Gasteiger partial charge is 0.790 e. The molecule has 0 spiro atoms. The van der Waals surface area contributed by atoms with Crippen molar-refractivity contribution < 1.29 is 87.8 Å². The van der Waals surface area contributed by atoms with E-state index in [1.807, 2.05) is 0 Å². The topological polar surface area (TPSA) is 191 Å². The molecule has 1 saturated heterocycles. The van der Waals surface area contributed by atoms with Crippen LogP contribution in [0.5, 0.6) is 0 Å². The monoisotopic (exact) mass is 391 g/mol. The first-order valence-electron chi connectivity index (χ1n) is 6.47. The minimum absolute atomic E-state index is 0.